The van der Waals surface area contributed by atoms with Crippen LogP contribution in [0.25, 0.3) is 0 Å². The van der Waals surface area contributed by atoms with E-state index in [0.717, 1.165) is 19.1 Å². The molecule has 1 aliphatic heterocycles. The summed E-state index contributed by atoms with van der Waals surface area (Å²) in [5.74, 6) is 0. The van der Waals surface area contributed by atoms with Crippen LogP contribution in [0.1, 0.15) is 32.1 Å². The average molecular weight is 211 g/mol. The molecule has 0 aromatic rings. The summed E-state index contributed by atoms with van der Waals surface area (Å²) in [6, 6.07) is 0.792. The van der Waals surface area contributed by atoms with Gasteiger partial charge in [-0.25, -0.2) is 0 Å². The molecule has 2 rings (SSSR count). The summed E-state index contributed by atoms with van der Waals surface area (Å²) >= 11 is 0. The molecule has 1 unspecified atom stereocenters. The van der Waals surface area contributed by atoms with Crippen LogP contribution in [0.2, 0.25) is 0 Å². The second-order valence-electron chi connectivity index (χ2n) is 5.47. The number of hydrogen-bond donors (Lipinski definition) is 1. The van der Waals surface area contributed by atoms with Crippen LogP contribution in [-0.4, -0.2) is 55.1 Å². The Morgan fingerprint density at radius 3 is 2.53 bits per heavy atom. The first-order valence-corrected chi connectivity index (χ1v) is 6.29. The van der Waals surface area contributed by atoms with Gasteiger partial charge < -0.3 is 10.6 Å². The molecule has 0 radical (unpaired) electrons. The largest absolute Gasteiger partial charge is 0.329 e. The summed E-state index contributed by atoms with van der Waals surface area (Å²) in [6.45, 7) is 3.16. The zero-order chi connectivity index (χ0) is 10.9. The molecule has 0 amide bonds. The van der Waals surface area contributed by atoms with Gasteiger partial charge >= 0.3 is 0 Å². The highest BCUT2D eigenvalue weighted by molar-refractivity contribution is 5.00. The van der Waals surface area contributed by atoms with Gasteiger partial charge in [-0.15, -0.1) is 0 Å². The van der Waals surface area contributed by atoms with E-state index in [-0.39, 0.29) is 5.54 Å². The monoisotopic (exact) mass is 211 g/mol. The molecule has 3 nitrogen and oxygen atoms in total. The van der Waals surface area contributed by atoms with Crippen molar-refractivity contribution in [2.45, 2.75) is 43.7 Å². The Hall–Kier alpha value is -0.120. The molecule has 1 heterocycles. The summed E-state index contributed by atoms with van der Waals surface area (Å²) in [4.78, 5) is 5.02. The number of nitrogens with two attached hydrogens (primary N) is 1. The highest BCUT2D eigenvalue weighted by Gasteiger charge is 2.42. The zero-order valence-corrected chi connectivity index (χ0v) is 10.2. The van der Waals surface area contributed by atoms with E-state index >= 15 is 0 Å². The van der Waals surface area contributed by atoms with Crippen molar-refractivity contribution in [2.75, 3.05) is 33.7 Å². The summed E-state index contributed by atoms with van der Waals surface area (Å²) in [7, 11) is 4.50. The smallest absolute Gasteiger partial charge is 0.0470 e. The normalized spacial score (nSPS) is 34.4. The maximum atomic E-state index is 6.03. The highest BCUT2D eigenvalue weighted by atomic mass is 15.3. The Bertz CT molecular complexity index is 213. The van der Waals surface area contributed by atoms with E-state index in [4.69, 9.17) is 5.73 Å². The van der Waals surface area contributed by atoms with Crippen molar-refractivity contribution in [1.82, 2.24) is 9.80 Å². The number of rotatable bonds is 3. The minimum atomic E-state index is 0.268. The third-order valence-corrected chi connectivity index (χ3v) is 4.52. The molecular weight excluding hydrogens is 186 g/mol. The fourth-order valence-corrected chi connectivity index (χ4v) is 3.34. The summed E-state index contributed by atoms with van der Waals surface area (Å²) in [5.41, 5.74) is 6.30. The fourth-order valence-electron chi connectivity index (χ4n) is 3.34. The minimum absolute atomic E-state index is 0.268. The van der Waals surface area contributed by atoms with E-state index in [0.29, 0.717) is 0 Å². The predicted molar refractivity (Wildman–Crippen MR) is 63.9 cm³/mol. The molecule has 1 atom stereocenters. The lowest BCUT2D eigenvalue weighted by Crippen LogP contribution is -2.56. The van der Waals surface area contributed by atoms with E-state index in [1.807, 2.05) is 0 Å². The molecular formula is C12H25N3. The van der Waals surface area contributed by atoms with Crippen molar-refractivity contribution in [2.24, 2.45) is 5.73 Å². The third kappa shape index (κ3) is 2.05. The van der Waals surface area contributed by atoms with Gasteiger partial charge in [0.15, 0.2) is 0 Å². The number of likely N-dealkylation sites (tertiary alicyclic amines) is 1. The van der Waals surface area contributed by atoms with Crippen LogP contribution in [0.3, 0.4) is 0 Å². The Morgan fingerprint density at radius 1 is 1.40 bits per heavy atom. The Labute approximate surface area is 93.6 Å². The van der Waals surface area contributed by atoms with Gasteiger partial charge in [0.25, 0.3) is 0 Å². The second kappa shape index (κ2) is 4.40. The molecule has 1 saturated carbocycles. The first-order chi connectivity index (χ1) is 7.18. The van der Waals surface area contributed by atoms with Crippen LogP contribution in [0.5, 0.6) is 0 Å². The molecule has 0 spiro atoms. The van der Waals surface area contributed by atoms with E-state index in [1.165, 1.54) is 38.6 Å². The first kappa shape index (κ1) is 11.4. The SMILES string of the molecule is CN1CCC(CN)(N(C)C2CCCC2)C1. The van der Waals surface area contributed by atoms with Gasteiger partial charge in [-0.05, 0) is 39.9 Å². The molecule has 0 aromatic heterocycles. The lowest BCUT2D eigenvalue weighted by Gasteiger charge is -2.41. The van der Waals surface area contributed by atoms with Crippen LogP contribution in [0.4, 0.5) is 0 Å². The summed E-state index contributed by atoms with van der Waals surface area (Å²) in [5, 5.41) is 0. The average Bonchev–Trinajstić information content (AvgIpc) is 2.86. The highest BCUT2D eigenvalue weighted by Crippen LogP contribution is 2.32. The van der Waals surface area contributed by atoms with Gasteiger partial charge in [0, 0.05) is 24.7 Å². The van der Waals surface area contributed by atoms with Crippen molar-refractivity contribution in [3.63, 3.8) is 0 Å². The lowest BCUT2D eigenvalue weighted by molar-refractivity contribution is 0.0868. The van der Waals surface area contributed by atoms with Gasteiger partial charge in [0.05, 0.1) is 0 Å². The molecule has 2 aliphatic rings. The molecule has 2 N–H and O–H groups in total. The standard InChI is InChI=1S/C12H25N3/c1-14-8-7-12(9-13,10-14)15(2)11-5-3-4-6-11/h11H,3-10,13H2,1-2H3. The van der Waals surface area contributed by atoms with Crippen LogP contribution in [0, 0.1) is 0 Å². The molecule has 2 fully saturated rings. The topological polar surface area (TPSA) is 32.5 Å². The van der Waals surface area contributed by atoms with Crippen molar-refractivity contribution < 1.29 is 0 Å². The molecule has 88 valence electrons. The Balaban J connectivity index is 2.04. The molecule has 0 aromatic carbocycles. The Kier molecular flexibility index (Phi) is 3.33. The lowest BCUT2D eigenvalue weighted by atomic mass is 9.94. The number of nitrogens with zero attached hydrogens (tertiary/aromatic N) is 2. The van der Waals surface area contributed by atoms with Crippen molar-refractivity contribution in [1.29, 1.82) is 0 Å². The summed E-state index contributed by atoms with van der Waals surface area (Å²) < 4.78 is 0. The van der Waals surface area contributed by atoms with Crippen LogP contribution in [0.15, 0.2) is 0 Å². The van der Waals surface area contributed by atoms with Crippen molar-refractivity contribution in [3.8, 4) is 0 Å². The quantitative estimate of drug-likeness (QED) is 0.752. The summed E-state index contributed by atoms with van der Waals surface area (Å²) in [6.07, 6.45) is 6.81. The maximum absolute atomic E-state index is 6.03. The van der Waals surface area contributed by atoms with Gasteiger partial charge in [0.2, 0.25) is 0 Å². The zero-order valence-electron chi connectivity index (χ0n) is 10.2. The van der Waals surface area contributed by atoms with E-state index in [1.54, 1.807) is 0 Å². The van der Waals surface area contributed by atoms with Crippen LogP contribution < -0.4 is 5.73 Å². The van der Waals surface area contributed by atoms with Crippen LogP contribution >= 0.6 is 0 Å². The van der Waals surface area contributed by atoms with E-state index in [2.05, 4.69) is 23.9 Å². The molecule has 1 aliphatic carbocycles. The van der Waals surface area contributed by atoms with Gasteiger partial charge in [-0.3, -0.25) is 4.90 Å². The van der Waals surface area contributed by atoms with Crippen molar-refractivity contribution in [3.05, 3.63) is 0 Å². The van der Waals surface area contributed by atoms with E-state index < -0.39 is 0 Å². The van der Waals surface area contributed by atoms with Crippen molar-refractivity contribution >= 4 is 0 Å². The number of hydrogen-bond acceptors (Lipinski definition) is 3. The molecule has 3 heteroatoms. The fraction of sp³-hybridized carbons (Fsp3) is 1.00. The molecule has 1 saturated heterocycles. The molecule has 0 bridgehead atoms. The molecule has 15 heavy (non-hydrogen) atoms. The second-order valence-corrected chi connectivity index (χ2v) is 5.47. The van der Waals surface area contributed by atoms with Gasteiger partial charge in [-0.1, -0.05) is 12.8 Å². The number of likely N-dealkylation sites (N-methyl/N-ethyl adjacent to an activating group) is 2. The maximum Gasteiger partial charge on any atom is 0.0470 e. The van der Waals surface area contributed by atoms with Gasteiger partial charge in [0.1, 0.15) is 0 Å². The first-order valence-electron chi connectivity index (χ1n) is 6.29. The van der Waals surface area contributed by atoms with E-state index in [9.17, 15) is 0 Å². The minimum Gasteiger partial charge on any atom is -0.329 e. The third-order valence-electron chi connectivity index (χ3n) is 4.52. The van der Waals surface area contributed by atoms with Crippen LogP contribution in [-0.2, 0) is 0 Å². The van der Waals surface area contributed by atoms with Gasteiger partial charge in [-0.2, -0.15) is 0 Å². The predicted octanol–water partition coefficient (Wildman–Crippen LogP) is 0.894. The Morgan fingerprint density at radius 2 is 2.07 bits per heavy atom.